The highest BCUT2D eigenvalue weighted by Crippen LogP contribution is 2.27. The zero-order valence-electron chi connectivity index (χ0n) is 12.9. The summed E-state index contributed by atoms with van der Waals surface area (Å²) in [6.45, 7) is 2.43. The molecular weight excluding hydrogens is 300 g/mol. The van der Waals surface area contributed by atoms with Crippen LogP contribution in [0.5, 0.6) is 0 Å². The zero-order valence-corrected chi connectivity index (χ0v) is 13.7. The van der Waals surface area contributed by atoms with Crippen molar-refractivity contribution in [3.63, 3.8) is 0 Å². The van der Waals surface area contributed by atoms with E-state index in [-0.39, 0.29) is 11.8 Å². The Kier molecular flexibility index (Phi) is 4.49. The summed E-state index contributed by atoms with van der Waals surface area (Å²) < 4.78 is 32.5. The van der Waals surface area contributed by atoms with Crippen molar-refractivity contribution in [3.05, 3.63) is 30.0 Å². The van der Waals surface area contributed by atoms with Gasteiger partial charge in [-0.1, -0.05) is 43.5 Å². The summed E-state index contributed by atoms with van der Waals surface area (Å²) in [4.78, 5) is 0. The monoisotopic (exact) mass is 322 g/mol. The van der Waals surface area contributed by atoms with E-state index >= 15 is 0 Å². The molecule has 22 heavy (non-hydrogen) atoms. The molecule has 5 nitrogen and oxygen atoms in total. The maximum Gasteiger partial charge on any atom is 0.220 e. The molecular formula is C16H22N2O3S. The molecule has 1 fully saturated rings. The molecule has 0 saturated heterocycles. The quantitative estimate of drug-likeness (QED) is 0.847. The van der Waals surface area contributed by atoms with E-state index in [1.165, 1.54) is 6.42 Å². The third-order valence-electron chi connectivity index (χ3n) is 4.42. The third-order valence-corrected chi connectivity index (χ3v) is 6.33. The minimum Gasteiger partial charge on any atom is -0.356 e. The maximum atomic E-state index is 12.8. The SMILES string of the molecule is CCN(C1CCCCC1)S(=O)(=O)Cc1noc2ccccc12. The Labute approximate surface area is 131 Å². The van der Waals surface area contributed by atoms with Gasteiger partial charge in [-0.2, -0.15) is 4.31 Å². The van der Waals surface area contributed by atoms with Gasteiger partial charge in [0.2, 0.25) is 10.0 Å². The van der Waals surface area contributed by atoms with Crippen molar-refractivity contribution in [3.8, 4) is 0 Å². The van der Waals surface area contributed by atoms with Gasteiger partial charge < -0.3 is 4.52 Å². The van der Waals surface area contributed by atoms with Crippen LogP contribution >= 0.6 is 0 Å². The highest BCUT2D eigenvalue weighted by Gasteiger charge is 2.31. The highest BCUT2D eigenvalue weighted by molar-refractivity contribution is 7.88. The van der Waals surface area contributed by atoms with E-state index in [9.17, 15) is 8.42 Å². The van der Waals surface area contributed by atoms with Gasteiger partial charge in [-0.15, -0.1) is 0 Å². The molecule has 6 heteroatoms. The Morgan fingerprint density at radius 3 is 2.68 bits per heavy atom. The smallest absolute Gasteiger partial charge is 0.220 e. The highest BCUT2D eigenvalue weighted by atomic mass is 32.2. The molecule has 0 aliphatic heterocycles. The van der Waals surface area contributed by atoms with Gasteiger partial charge in [0.05, 0.1) is 0 Å². The fraction of sp³-hybridized carbons (Fsp3) is 0.562. The van der Waals surface area contributed by atoms with E-state index in [1.54, 1.807) is 10.4 Å². The second-order valence-corrected chi connectivity index (χ2v) is 7.80. The van der Waals surface area contributed by atoms with Crippen molar-refractivity contribution in [2.75, 3.05) is 6.54 Å². The molecule has 3 rings (SSSR count). The van der Waals surface area contributed by atoms with Crippen LogP contribution in [-0.4, -0.2) is 30.5 Å². The Morgan fingerprint density at radius 2 is 1.95 bits per heavy atom. The van der Waals surface area contributed by atoms with Crippen LogP contribution in [0.2, 0.25) is 0 Å². The van der Waals surface area contributed by atoms with Crippen molar-refractivity contribution < 1.29 is 12.9 Å². The number of nitrogens with zero attached hydrogens (tertiary/aromatic N) is 2. The van der Waals surface area contributed by atoms with Gasteiger partial charge in [0.25, 0.3) is 0 Å². The van der Waals surface area contributed by atoms with E-state index in [0.717, 1.165) is 31.1 Å². The lowest BCUT2D eigenvalue weighted by Crippen LogP contribution is -2.41. The van der Waals surface area contributed by atoms with Crippen molar-refractivity contribution in [2.45, 2.75) is 50.8 Å². The molecule has 0 bridgehead atoms. The molecule has 1 saturated carbocycles. The molecule has 2 aromatic rings. The molecule has 1 aliphatic rings. The number of fused-ring (bicyclic) bond motifs is 1. The number of benzene rings is 1. The van der Waals surface area contributed by atoms with Crippen LogP contribution in [0, 0.1) is 0 Å². The molecule has 120 valence electrons. The topological polar surface area (TPSA) is 63.4 Å². The predicted octanol–water partition coefficient (Wildman–Crippen LogP) is 3.31. The minimum atomic E-state index is -3.38. The second kappa shape index (κ2) is 6.38. The lowest BCUT2D eigenvalue weighted by Gasteiger charge is -2.32. The molecule has 0 radical (unpaired) electrons. The summed E-state index contributed by atoms with van der Waals surface area (Å²) in [5, 5.41) is 4.74. The zero-order chi connectivity index (χ0) is 15.6. The molecule has 0 unspecified atom stereocenters. The number of rotatable bonds is 5. The molecule has 0 spiro atoms. The number of para-hydroxylation sites is 1. The van der Waals surface area contributed by atoms with Gasteiger partial charge in [0.1, 0.15) is 11.4 Å². The average molecular weight is 322 g/mol. The summed E-state index contributed by atoms with van der Waals surface area (Å²) >= 11 is 0. The lowest BCUT2D eigenvalue weighted by molar-refractivity contribution is 0.261. The first-order chi connectivity index (χ1) is 10.6. The van der Waals surface area contributed by atoms with Gasteiger partial charge in [0.15, 0.2) is 5.58 Å². The standard InChI is InChI=1S/C16H22N2O3S/c1-2-18(13-8-4-3-5-9-13)22(19,20)12-15-14-10-6-7-11-16(14)21-17-15/h6-7,10-11,13H,2-5,8-9,12H2,1H3. The van der Waals surface area contributed by atoms with Gasteiger partial charge in [0, 0.05) is 18.0 Å². The van der Waals surface area contributed by atoms with E-state index in [0.29, 0.717) is 17.8 Å². The number of aromatic nitrogens is 1. The predicted molar refractivity (Wildman–Crippen MR) is 85.9 cm³/mol. The first-order valence-corrected chi connectivity index (χ1v) is 9.55. The molecule has 1 aliphatic carbocycles. The van der Waals surface area contributed by atoms with Crippen molar-refractivity contribution >= 4 is 21.0 Å². The van der Waals surface area contributed by atoms with Crippen LogP contribution in [0.15, 0.2) is 28.8 Å². The van der Waals surface area contributed by atoms with E-state index in [2.05, 4.69) is 5.16 Å². The Hall–Kier alpha value is -1.40. The first kappa shape index (κ1) is 15.5. The van der Waals surface area contributed by atoms with Crippen LogP contribution in [-0.2, 0) is 15.8 Å². The summed E-state index contributed by atoms with van der Waals surface area (Å²) in [7, 11) is -3.38. The van der Waals surface area contributed by atoms with Crippen molar-refractivity contribution in [1.29, 1.82) is 0 Å². The lowest BCUT2D eigenvalue weighted by atomic mass is 9.95. The van der Waals surface area contributed by atoms with Crippen LogP contribution in [0.1, 0.15) is 44.7 Å². The van der Waals surface area contributed by atoms with Gasteiger partial charge in [-0.3, -0.25) is 0 Å². The van der Waals surface area contributed by atoms with Crippen LogP contribution in [0.3, 0.4) is 0 Å². The summed E-state index contributed by atoms with van der Waals surface area (Å²) in [6, 6.07) is 7.52. The second-order valence-electron chi connectivity index (χ2n) is 5.88. The molecule has 1 aromatic heterocycles. The first-order valence-electron chi connectivity index (χ1n) is 7.94. The molecule has 0 atom stereocenters. The van der Waals surface area contributed by atoms with Crippen molar-refractivity contribution in [1.82, 2.24) is 9.46 Å². The maximum absolute atomic E-state index is 12.8. The average Bonchev–Trinajstić information content (AvgIpc) is 2.91. The summed E-state index contributed by atoms with van der Waals surface area (Å²) in [5.41, 5.74) is 1.14. The molecule has 1 heterocycles. The normalized spacial score (nSPS) is 17.4. The van der Waals surface area contributed by atoms with Gasteiger partial charge in [-0.05, 0) is 25.0 Å². The minimum absolute atomic E-state index is 0.0889. The number of hydrogen-bond donors (Lipinski definition) is 0. The Balaban J connectivity index is 1.85. The molecule has 0 N–H and O–H groups in total. The van der Waals surface area contributed by atoms with E-state index in [1.807, 2.05) is 25.1 Å². The van der Waals surface area contributed by atoms with E-state index in [4.69, 9.17) is 4.52 Å². The van der Waals surface area contributed by atoms with Crippen molar-refractivity contribution in [2.24, 2.45) is 0 Å². The fourth-order valence-electron chi connectivity index (χ4n) is 3.35. The third kappa shape index (κ3) is 3.03. The van der Waals surface area contributed by atoms with Crippen LogP contribution in [0.4, 0.5) is 0 Å². The summed E-state index contributed by atoms with van der Waals surface area (Å²) in [5.74, 6) is -0.0889. The van der Waals surface area contributed by atoms with Crippen LogP contribution < -0.4 is 0 Å². The largest absolute Gasteiger partial charge is 0.356 e. The van der Waals surface area contributed by atoms with Gasteiger partial charge >= 0.3 is 0 Å². The fourth-order valence-corrected chi connectivity index (χ4v) is 5.13. The number of sulfonamides is 1. The number of hydrogen-bond acceptors (Lipinski definition) is 4. The molecule has 1 aromatic carbocycles. The Bertz CT molecular complexity index is 733. The van der Waals surface area contributed by atoms with Gasteiger partial charge in [-0.25, -0.2) is 8.42 Å². The Morgan fingerprint density at radius 1 is 1.23 bits per heavy atom. The van der Waals surface area contributed by atoms with Crippen LogP contribution in [0.25, 0.3) is 11.0 Å². The molecule has 0 amide bonds. The summed E-state index contributed by atoms with van der Waals surface area (Å²) in [6.07, 6.45) is 5.37. The van der Waals surface area contributed by atoms with E-state index < -0.39 is 10.0 Å².